The molecule has 0 bridgehead atoms. The lowest BCUT2D eigenvalue weighted by Crippen LogP contribution is -1.93. The van der Waals surface area contributed by atoms with Crippen LogP contribution < -0.4 is 0 Å². The molecule has 0 unspecified atom stereocenters. The highest BCUT2D eigenvalue weighted by molar-refractivity contribution is 7.26. The molecule has 3 heteroatoms. The summed E-state index contributed by atoms with van der Waals surface area (Å²) < 4.78 is 11.5. The van der Waals surface area contributed by atoms with Crippen molar-refractivity contribution in [1.29, 1.82) is 0 Å². The van der Waals surface area contributed by atoms with Crippen molar-refractivity contribution in [1.82, 2.24) is 4.57 Å². The minimum atomic E-state index is 0.922. The van der Waals surface area contributed by atoms with E-state index < -0.39 is 0 Å². The van der Waals surface area contributed by atoms with Gasteiger partial charge in [-0.2, -0.15) is 0 Å². The molecule has 0 saturated carbocycles. The second-order valence-electron chi connectivity index (χ2n) is 10.1. The van der Waals surface area contributed by atoms with Crippen LogP contribution in [0, 0.1) is 0 Å². The number of fused-ring (bicyclic) bond motifs is 10. The number of hydrogen-bond donors (Lipinski definition) is 0. The lowest BCUT2D eigenvalue weighted by atomic mass is 9.98. The second-order valence-corrected chi connectivity index (χ2v) is 11.2. The van der Waals surface area contributed by atoms with E-state index in [1.165, 1.54) is 64.2 Å². The van der Waals surface area contributed by atoms with Gasteiger partial charge in [0.2, 0.25) is 0 Å². The molecular formula is C36H21NOS. The van der Waals surface area contributed by atoms with Gasteiger partial charge in [0.1, 0.15) is 11.2 Å². The lowest BCUT2D eigenvalue weighted by Gasteiger charge is -2.10. The quantitative estimate of drug-likeness (QED) is 0.224. The molecule has 3 heterocycles. The zero-order chi connectivity index (χ0) is 25.5. The Morgan fingerprint density at radius 1 is 0.564 bits per heavy atom. The lowest BCUT2D eigenvalue weighted by molar-refractivity contribution is 0.669. The Hall–Kier alpha value is -4.86. The summed E-state index contributed by atoms with van der Waals surface area (Å²) in [5.41, 5.74) is 7.94. The predicted octanol–water partition coefficient (Wildman–Crippen LogP) is 10.7. The minimum Gasteiger partial charge on any atom is -0.456 e. The van der Waals surface area contributed by atoms with E-state index in [0.717, 1.165) is 16.6 Å². The Morgan fingerprint density at radius 2 is 1.38 bits per heavy atom. The van der Waals surface area contributed by atoms with Crippen LogP contribution in [0.15, 0.2) is 132 Å². The molecule has 182 valence electrons. The van der Waals surface area contributed by atoms with Crippen molar-refractivity contribution < 1.29 is 4.42 Å². The van der Waals surface area contributed by atoms with Crippen molar-refractivity contribution in [3.8, 4) is 16.8 Å². The van der Waals surface area contributed by atoms with Gasteiger partial charge in [-0.15, -0.1) is 11.3 Å². The van der Waals surface area contributed by atoms with Crippen LogP contribution >= 0.6 is 11.3 Å². The molecule has 0 N–H and O–H groups in total. The van der Waals surface area contributed by atoms with E-state index in [-0.39, 0.29) is 0 Å². The Kier molecular flexibility index (Phi) is 4.24. The second kappa shape index (κ2) is 7.83. The van der Waals surface area contributed by atoms with Crippen molar-refractivity contribution in [2.75, 3.05) is 0 Å². The van der Waals surface area contributed by atoms with Gasteiger partial charge in [0.15, 0.2) is 0 Å². The minimum absolute atomic E-state index is 0.922. The molecule has 0 saturated heterocycles. The summed E-state index contributed by atoms with van der Waals surface area (Å²) >= 11 is 1.88. The van der Waals surface area contributed by atoms with Crippen LogP contribution in [0.3, 0.4) is 0 Å². The van der Waals surface area contributed by atoms with E-state index >= 15 is 0 Å². The number of furan rings is 1. The van der Waals surface area contributed by atoms with Gasteiger partial charge < -0.3 is 8.98 Å². The summed E-state index contributed by atoms with van der Waals surface area (Å²) in [5, 5.41) is 7.40. The number of benzene rings is 6. The van der Waals surface area contributed by atoms with Crippen molar-refractivity contribution >= 4 is 75.3 Å². The molecular weight excluding hydrogens is 494 g/mol. The highest BCUT2D eigenvalue weighted by Crippen LogP contribution is 2.46. The molecule has 6 aromatic carbocycles. The summed E-state index contributed by atoms with van der Waals surface area (Å²) in [5.74, 6) is 0. The van der Waals surface area contributed by atoms with E-state index in [0.29, 0.717) is 0 Å². The third-order valence-electron chi connectivity index (χ3n) is 7.99. The molecule has 0 amide bonds. The van der Waals surface area contributed by atoms with Crippen LogP contribution in [-0.2, 0) is 0 Å². The first kappa shape index (κ1) is 21.1. The van der Waals surface area contributed by atoms with E-state index in [9.17, 15) is 0 Å². The molecule has 0 fully saturated rings. The molecule has 0 aliphatic rings. The van der Waals surface area contributed by atoms with Gasteiger partial charge in [0.05, 0.1) is 15.7 Å². The summed E-state index contributed by atoms with van der Waals surface area (Å²) in [6.45, 7) is 0. The molecule has 2 nitrogen and oxygen atoms in total. The van der Waals surface area contributed by atoms with E-state index in [1.807, 2.05) is 11.3 Å². The summed E-state index contributed by atoms with van der Waals surface area (Å²) in [7, 11) is 0. The van der Waals surface area contributed by atoms with E-state index in [4.69, 9.17) is 4.42 Å². The van der Waals surface area contributed by atoms with E-state index in [2.05, 4.69) is 132 Å². The fraction of sp³-hybridized carbons (Fsp3) is 0. The fourth-order valence-corrected chi connectivity index (χ4v) is 7.56. The van der Waals surface area contributed by atoms with Crippen LogP contribution in [0.25, 0.3) is 80.7 Å². The third-order valence-corrected chi connectivity index (χ3v) is 9.17. The van der Waals surface area contributed by atoms with Crippen molar-refractivity contribution in [3.05, 3.63) is 127 Å². The van der Waals surface area contributed by atoms with Crippen molar-refractivity contribution in [3.63, 3.8) is 0 Å². The summed E-state index contributed by atoms with van der Waals surface area (Å²) in [4.78, 5) is 0. The number of para-hydroxylation sites is 2. The Balaban J connectivity index is 1.37. The first-order chi connectivity index (χ1) is 19.3. The number of nitrogens with zero attached hydrogens (tertiary/aromatic N) is 1. The van der Waals surface area contributed by atoms with Gasteiger partial charge in [-0.05, 0) is 64.4 Å². The van der Waals surface area contributed by atoms with Crippen molar-refractivity contribution in [2.24, 2.45) is 0 Å². The Labute approximate surface area is 227 Å². The van der Waals surface area contributed by atoms with Gasteiger partial charge >= 0.3 is 0 Å². The van der Waals surface area contributed by atoms with Crippen LogP contribution in [0.2, 0.25) is 0 Å². The molecule has 9 aromatic rings. The highest BCUT2D eigenvalue weighted by Gasteiger charge is 2.20. The monoisotopic (exact) mass is 515 g/mol. The molecule has 0 spiro atoms. The average molecular weight is 516 g/mol. The van der Waals surface area contributed by atoms with E-state index in [1.54, 1.807) is 0 Å². The maximum atomic E-state index is 6.44. The first-order valence-electron chi connectivity index (χ1n) is 13.2. The van der Waals surface area contributed by atoms with Crippen LogP contribution in [0.1, 0.15) is 0 Å². The molecule has 0 radical (unpaired) electrons. The largest absolute Gasteiger partial charge is 0.456 e. The maximum Gasteiger partial charge on any atom is 0.136 e. The maximum absolute atomic E-state index is 6.44. The van der Waals surface area contributed by atoms with Crippen LogP contribution in [-0.4, -0.2) is 4.57 Å². The Morgan fingerprint density at radius 3 is 2.31 bits per heavy atom. The highest BCUT2D eigenvalue weighted by atomic mass is 32.1. The molecule has 3 aromatic heterocycles. The van der Waals surface area contributed by atoms with Crippen LogP contribution in [0.4, 0.5) is 0 Å². The number of aromatic nitrogens is 1. The molecule has 0 aliphatic heterocycles. The van der Waals surface area contributed by atoms with Gasteiger partial charge in [-0.3, -0.25) is 0 Å². The van der Waals surface area contributed by atoms with Crippen LogP contribution in [0.5, 0.6) is 0 Å². The van der Waals surface area contributed by atoms with Gasteiger partial charge in [0.25, 0.3) is 0 Å². The smallest absolute Gasteiger partial charge is 0.136 e. The number of rotatable bonds is 2. The zero-order valence-electron chi connectivity index (χ0n) is 20.9. The summed E-state index contributed by atoms with van der Waals surface area (Å²) in [6, 6.07) is 45.6. The molecule has 0 atom stereocenters. The van der Waals surface area contributed by atoms with Gasteiger partial charge in [-0.25, -0.2) is 0 Å². The predicted molar refractivity (Wildman–Crippen MR) is 166 cm³/mol. The van der Waals surface area contributed by atoms with Crippen molar-refractivity contribution in [2.45, 2.75) is 0 Å². The summed E-state index contributed by atoms with van der Waals surface area (Å²) in [6.07, 6.45) is 0. The molecule has 39 heavy (non-hydrogen) atoms. The van der Waals surface area contributed by atoms with Gasteiger partial charge in [-0.1, -0.05) is 84.9 Å². The average Bonchev–Trinajstić information content (AvgIpc) is 3.66. The molecule has 9 rings (SSSR count). The molecule has 0 aliphatic carbocycles. The zero-order valence-corrected chi connectivity index (χ0v) is 21.7. The number of hydrogen-bond acceptors (Lipinski definition) is 2. The number of thiophene rings is 1. The standard InChI is InChI=1S/C36H21NOS/c1-2-10-24(11-3-1)37-29-15-7-6-13-27(29)36-35(37)34-26(14-8-16-32(34)39-36)23-17-19-28-31(21-23)38-30-20-18-22-9-4-5-12-25(22)33(28)30/h1-21H. The van der Waals surface area contributed by atoms with Gasteiger partial charge in [0, 0.05) is 31.9 Å². The fourth-order valence-electron chi connectivity index (χ4n) is 6.31. The normalized spacial score (nSPS) is 12.1. The SMILES string of the molecule is c1ccc(-n2c3ccccc3c3sc4cccc(-c5ccc6c(c5)oc5ccc7ccccc7c56)c4c32)cc1. The Bertz CT molecular complexity index is 2390. The third kappa shape index (κ3) is 2.91. The first-order valence-corrected chi connectivity index (χ1v) is 14.0. The topological polar surface area (TPSA) is 18.1 Å².